The second-order valence-electron chi connectivity index (χ2n) is 3.82. The minimum Gasteiger partial charge on any atom is -0.342 e. The van der Waals surface area contributed by atoms with Crippen LogP contribution < -0.4 is 5.32 Å². The molecule has 84 valence electrons. The van der Waals surface area contributed by atoms with Crippen molar-refractivity contribution in [3.63, 3.8) is 0 Å². The van der Waals surface area contributed by atoms with Crippen molar-refractivity contribution in [2.24, 2.45) is 11.8 Å². The Hall–Kier alpha value is -0.570. The molecule has 1 saturated heterocycles. The molecule has 1 aliphatic rings. The molecule has 1 amide bonds. The molecule has 0 atom stereocenters. The van der Waals surface area contributed by atoms with Crippen LogP contribution >= 0.6 is 0 Å². The number of nitrogens with zero attached hydrogens (tertiary/aromatic N) is 1. The number of hydrogen-bond acceptors (Lipinski definition) is 2. The molecule has 3 heteroatoms. The van der Waals surface area contributed by atoms with Crippen LogP contribution in [0.25, 0.3) is 0 Å². The molecule has 0 saturated carbocycles. The first-order valence-electron chi connectivity index (χ1n) is 5.58. The van der Waals surface area contributed by atoms with E-state index in [0.29, 0.717) is 11.8 Å². The van der Waals surface area contributed by atoms with Gasteiger partial charge in [-0.15, -0.1) is 0 Å². The molecule has 1 fully saturated rings. The predicted octanol–water partition coefficient (Wildman–Crippen LogP) is 1.35. The van der Waals surface area contributed by atoms with Crippen LogP contribution in [0.15, 0.2) is 0 Å². The third kappa shape index (κ3) is 3.66. The molecule has 0 spiro atoms. The lowest BCUT2D eigenvalue weighted by atomic mass is 9.98. The molecule has 0 bridgehead atoms. The summed E-state index contributed by atoms with van der Waals surface area (Å²) in [7, 11) is 1.95. The average Bonchev–Trinajstić information content (AvgIpc) is 2.13. The van der Waals surface area contributed by atoms with Gasteiger partial charge in [0.25, 0.3) is 0 Å². The maximum absolute atomic E-state index is 11.4. The summed E-state index contributed by atoms with van der Waals surface area (Å²) >= 11 is 0. The molecule has 3 nitrogen and oxygen atoms in total. The molecule has 0 unspecified atom stereocenters. The van der Waals surface area contributed by atoms with Gasteiger partial charge in [0.2, 0.25) is 5.91 Å². The SMILES string of the molecule is CC.CNCC1CN(C(=O)C(C)C)C1. The number of nitrogens with one attached hydrogen (secondary N) is 1. The molecule has 0 aliphatic carbocycles. The first-order chi connectivity index (χ1) is 6.65. The Kier molecular flexibility index (Phi) is 6.54. The van der Waals surface area contributed by atoms with E-state index < -0.39 is 0 Å². The van der Waals surface area contributed by atoms with Crippen LogP contribution in [0.5, 0.6) is 0 Å². The van der Waals surface area contributed by atoms with Gasteiger partial charge in [0, 0.05) is 31.5 Å². The van der Waals surface area contributed by atoms with E-state index in [1.807, 2.05) is 39.6 Å². The summed E-state index contributed by atoms with van der Waals surface area (Å²) < 4.78 is 0. The van der Waals surface area contributed by atoms with E-state index in [1.165, 1.54) is 0 Å². The molecule has 0 aromatic carbocycles. The van der Waals surface area contributed by atoms with E-state index in [9.17, 15) is 4.79 Å². The highest BCUT2D eigenvalue weighted by Gasteiger charge is 2.30. The Morgan fingerprint density at radius 3 is 2.29 bits per heavy atom. The standard InChI is InChI=1S/C9H18N2O.C2H6/c1-7(2)9(12)11-5-8(6-11)4-10-3;1-2/h7-8,10H,4-6H2,1-3H3;1-2H3. The van der Waals surface area contributed by atoms with Crippen LogP contribution in [0, 0.1) is 11.8 Å². The molecule has 0 aromatic heterocycles. The normalized spacial score (nSPS) is 16.0. The fourth-order valence-corrected chi connectivity index (χ4v) is 1.53. The lowest BCUT2D eigenvalue weighted by Crippen LogP contribution is -2.54. The van der Waals surface area contributed by atoms with Gasteiger partial charge >= 0.3 is 0 Å². The summed E-state index contributed by atoms with van der Waals surface area (Å²) in [5.74, 6) is 1.13. The number of amides is 1. The highest BCUT2D eigenvalue weighted by Crippen LogP contribution is 2.16. The van der Waals surface area contributed by atoms with Crippen molar-refractivity contribution in [2.75, 3.05) is 26.7 Å². The van der Waals surface area contributed by atoms with Crippen LogP contribution in [-0.4, -0.2) is 37.5 Å². The van der Waals surface area contributed by atoms with E-state index in [0.717, 1.165) is 19.6 Å². The number of hydrogen-bond donors (Lipinski definition) is 1. The minimum atomic E-state index is 0.153. The number of carbonyl (C=O) groups excluding carboxylic acids is 1. The largest absolute Gasteiger partial charge is 0.342 e. The Bertz CT molecular complexity index is 163. The zero-order chi connectivity index (χ0) is 11.1. The summed E-state index contributed by atoms with van der Waals surface area (Å²) in [5, 5.41) is 3.12. The predicted molar refractivity (Wildman–Crippen MR) is 60.2 cm³/mol. The van der Waals surface area contributed by atoms with Crippen LogP contribution in [0.2, 0.25) is 0 Å². The summed E-state index contributed by atoms with van der Waals surface area (Å²) in [6.45, 7) is 10.8. The Balaban J connectivity index is 0.000000791. The lowest BCUT2D eigenvalue weighted by molar-refractivity contribution is -0.140. The zero-order valence-electron chi connectivity index (χ0n) is 10.1. The van der Waals surface area contributed by atoms with Gasteiger partial charge in [-0.3, -0.25) is 4.79 Å². The third-order valence-corrected chi connectivity index (χ3v) is 2.26. The summed E-state index contributed by atoms with van der Waals surface area (Å²) in [6.07, 6.45) is 0. The second kappa shape index (κ2) is 6.82. The fraction of sp³-hybridized carbons (Fsp3) is 0.909. The molecule has 14 heavy (non-hydrogen) atoms. The molecular weight excluding hydrogens is 176 g/mol. The van der Waals surface area contributed by atoms with E-state index in [2.05, 4.69) is 5.32 Å². The van der Waals surface area contributed by atoms with Gasteiger partial charge in [-0.05, 0) is 7.05 Å². The highest BCUT2D eigenvalue weighted by atomic mass is 16.2. The van der Waals surface area contributed by atoms with Crippen LogP contribution in [0.3, 0.4) is 0 Å². The highest BCUT2D eigenvalue weighted by molar-refractivity contribution is 5.78. The Morgan fingerprint density at radius 2 is 1.93 bits per heavy atom. The van der Waals surface area contributed by atoms with Gasteiger partial charge in [0.1, 0.15) is 0 Å². The summed E-state index contributed by atoms with van der Waals surface area (Å²) in [6, 6.07) is 0. The zero-order valence-corrected chi connectivity index (χ0v) is 10.1. The van der Waals surface area contributed by atoms with Gasteiger partial charge in [0.15, 0.2) is 0 Å². The second-order valence-corrected chi connectivity index (χ2v) is 3.82. The first-order valence-corrected chi connectivity index (χ1v) is 5.58. The molecule has 1 aliphatic heterocycles. The van der Waals surface area contributed by atoms with Gasteiger partial charge in [-0.25, -0.2) is 0 Å². The number of rotatable bonds is 3. The van der Waals surface area contributed by atoms with Gasteiger partial charge < -0.3 is 10.2 Å². The average molecular weight is 200 g/mol. The van der Waals surface area contributed by atoms with Crippen molar-refractivity contribution in [3.8, 4) is 0 Å². The molecule has 1 heterocycles. The van der Waals surface area contributed by atoms with Gasteiger partial charge in [0.05, 0.1) is 0 Å². The molecule has 1 N–H and O–H groups in total. The van der Waals surface area contributed by atoms with Crippen LogP contribution in [0.4, 0.5) is 0 Å². The van der Waals surface area contributed by atoms with Crippen molar-refractivity contribution in [3.05, 3.63) is 0 Å². The third-order valence-electron chi connectivity index (χ3n) is 2.26. The Morgan fingerprint density at radius 1 is 1.43 bits per heavy atom. The van der Waals surface area contributed by atoms with E-state index >= 15 is 0 Å². The number of carbonyl (C=O) groups is 1. The fourth-order valence-electron chi connectivity index (χ4n) is 1.53. The minimum absolute atomic E-state index is 0.153. The molecule has 0 aromatic rings. The van der Waals surface area contributed by atoms with Crippen LogP contribution in [-0.2, 0) is 4.79 Å². The topological polar surface area (TPSA) is 32.3 Å². The molecular formula is C11H24N2O. The first kappa shape index (κ1) is 13.4. The lowest BCUT2D eigenvalue weighted by Gasteiger charge is -2.40. The van der Waals surface area contributed by atoms with E-state index in [1.54, 1.807) is 0 Å². The number of likely N-dealkylation sites (tertiary alicyclic amines) is 1. The monoisotopic (exact) mass is 200 g/mol. The van der Waals surface area contributed by atoms with Crippen molar-refractivity contribution in [1.82, 2.24) is 10.2 Å². The molecule has 1 rings (SSSR count). The van der Waals surface area contributed by atoms with E-state index in [-0.39, 0.29) is 5.92 Å². The van der Waals surface area contributed by atoms with Gasteiger partial charge in [-0.1, -0.05) is 27.7 Å². The van der Waals surface area contributed by atoms with Crippen molar-refractivity contribution in [2.45, 2.75) is 27.7 Å². The van der Waals surface area contributed by atoms with Crippen molar-refractivity contribution < 1.29 is 4.79 Å². The summed E-state index contributed by atoms with van der Waals surface area (Å²) in [4.78, 5) is 13.3. The maximum Gasteiger partial charge on any atom is 0.225 e. The quantitative estimate of drug-likeness (QED) is 0.746. The van der Waals surface area contributed by atoms with Crippen LogP contribution in [0.1, 0.15) is 27.7 Å². The van der Waals surface area contributed by atoms with Crippen molar-refractivity contribution >= 4 is 5.91 Å². The summed E-state index contributed by atoms with van der Waals surface area (Å²) in [5.41, 5.74) is 0. The smallest absolute Gasteiger partial charge is 0.225 e. The Labute approximate surface area is 87.9 Å². The van der Waals surface area contributed by atoms with Crippen molar-refractivity contribution in [1.29, 1.82) is 0 Å². The maximum atomic E-state index is 11.4. The molecule has 0 radical (unpaired) electrons. The van der Waals surface area contributed by atoms with Gasteiger partial charge in [-0.2, -0.15) is 0 Å². The van der Waals surface area contributed by atoms with E-state index in [4.69, 9.17) is 0 Å².